The average molecular weight is 418 g/mol. The third kappa shape index (κ3) is 3.10. The summed E-state index contributed by atoms with van der Waals surface area (Å²) in [5, 5.41) is 11.4. The zero-order valence-corrected chi connectivity index (χ0v) is 18.0. The number of carbonyl (C=O) groups is 1. The lowest BCUT2D eigenvalue weighted by Crippen LogP contribution is -2.55. The van der Waals surface area contributed by atoms with Crippen LogP contribution in [0.1, 0.15) is 68.4 Å². The number of amides is 1. The van der Waals surface area contributed by atoms with Gasteiger partial charge in [0.15, 0.2) is 0 Å². The quantitative estimate of drug-likeness (QED) is 0.719. The van der Waals surface area contributed by atoms with Gasteiger partial charge in [-0.2, -0.15) is 0 Å². The molecule has 2 saturated heterocycles. The standard InChI is InChI=1S/C27H31NO3/c29-26(28-19-13-14-20(28)16-27(30,15-19)18-7-1-2-8-18)31-17-25-23-11-5-3-9-21(23)22-10-4-6-12-24(22)25/h3-6,9-12,18-20,25,30H,1-2,7-8,13-17H2. The number of fused-ring (bicyclic) bond motifs is 5. The monoisotopic (exact) mass is 417 g/mol. The Labute approximate surface area is 184 Å². The molecule has 4 heteroatoms. The van der Waals surface area contributed by atoms with Gasteiger partial charge >= 0.3 is 6.09 Å². The number of aliphatic hydroxyl groups is 1. The van der Waals surface area contributed by atoms with Crippen LogP contribution in [0.5, 0.6) is 0 Å². The Morgan fingerprint density at radius 3 is 2.03 bits per heavy atom. The molecular formula is C27H31NO3. The second kappa shape index (κ2) is 7.37. The first kappa shape index (κ1) is 19.4. The first-order chi connectivity index (χ1) is 15.1. The maximum absolute atomic E-state index is 13.2. The van der Waals surface area contributed by atoms with Crippen LogP contribution < -0.4 is 0 Å². The SMILES string of the molecule is O=C(OCC1c2ccccc2-c2ccccc21)N1C2CCC1CC(O)(C1CCCC1)C2. The molecule has 1 N–H and O–H groups in total. The fourth-order valence-electron chi connectivity index (χ4n) is 7.02. The number of carbonyl (C=O) groups excluding carboxylic acids is 1. The number of hydrogen-bond acceptors (Lipinski definition) is 3. The maximum atomic E-state index is 13.2. The molecule has 4 aliphatic rings. The third-order valence-electron chi connectivity index (χ3n) is 8.46. The lowest BCUT2D eigenvalue weighted by molar-refractivity contribution is -0.0852. The maximum Gasteiger partial charge on any atom is 0.410 e. The van der Waals surface area contributed by atoms with E-state index in [-0.39, 0.29) is 24.1 Å². The van der Waals surface area contributed by atoms with Crippen LogP contribution in [0.25, 0.3) is 11.1 Å². The van der Waals surface area contributed by atoms with Gasteiger partial charge in [0.25, 0.3) is 0 Å². The summed E-state index contributed by atoms with van der Waals surface area (Å²) in [6.45, 7) is 0.371. The van der Waals surface area contributed by atoms with Crippen molar-refractivity contribution in [2.75, 3.05) is 6.61 Å². The Kier molecular flexibility index (Phi) is 4.60. The van der Waals surface area contributed by atoms with E-state index in [1.54, 1.807) is 0 Å². The highest BCUT2D eigenvalue weighted by Gasteiger charge is 2.53. The van der Waals surface area contributed by atoms with Gasteiger partial charge in [0, 0.05) is 18.0 Å². The molecule has 2 aromatic carbocycles. The van der Waals surface area contributed by atoms with E-state index in [0.717, 1.165) is 38.5 Å². The fraction of sp³-hybridized carbons (Fsp3) is 0.519. The molecular weight excluding hydrogens is 386 g/mol. The van der Waals surface area contributed by atoms with Crippen LogP contribution in [-0.2, 0) is 4.74 Å². The summed E-state index contributed by atoms with van der Waals surface area (Å²) in [4.78, 5) is 15.2. The molecule has 2 aromatic rings. The summed E-state index contributed by atoms with van der Waals surface area (Å²) in [5.74, 6) is 0.509. The summed E-state index contributed by atoms with van der Waals surface area (Å²) in [6.07, 6.45) is 7.98. The summed E-state index contributed by atoms with van der Waals surface area (Å²) in [6, 6.07) is 17.1. The predicted molar refractivity (Wildman–Crippen MR) is 120 cm³/mol. The van der Waals surface area contributed by atoms with Gasteiger partial charge in [0.05, 0.1) is 5.60 Å². The number of piperidine rings is 1. The van der Waals surface area contributed by atoms with Gasteiger partial charge in [-0.25, -0.2) is 4.79 Å². The molecule has 0 aromatic heterocycles. The van der Waals surface area contributed by atoms with Crippen LogP contribution >= 0.6 is 0 Å². The second-order valence-electron chi connectivity index (χ2n) is 10.1. The molecule has 2 bridgehead atoms. The fourth-order valence-corrected chi connectivity index (χ4v) is 7.02. The number of benzene rings is 2. The number of rotatable bonds is 3. The highest BCUT2D eigenvalue weighted by molar-refractivity contribution is 5.79. The van der Waals surface area contributed by atoms with Crippen LogP contribution in [0.3, 0.4) is 0 Å². The Morgan fingerprint density at radius 2 is 1.45 bits per heavy atom. The van der Waals surface area contributed by atoms with E-state index in [1.807, 2.05) is 4.90 Å². The van der Waals surface area contributed by atoms with E-state index >= 15 is 0 Å². The van der Waals surface area contributed by atoms with Crippen molar-refractivity contribution in [1.82, 2.24) is 4.90 Å². The van der Waals surface area contributed by atoms with E-state index in [2.05, 4.69) is 48.5 Å². The van der Waals surface area contributed by atoms with Crippen LogP contribution in [0.4, 0.5) is 4.79 Å². The summed E-state index contributed by atoms with van der Waals surface area (Å²) in [7, 11) is 0. The van der Waals surface area contributed by atoms with Crippen LogP contribution in [0, 0.1) is 5.92 Å². The summed E-state index contributed by atoms with van der Waals surface area (Å²) >= 11 is 0. The predicted octanol–water partition coefficient (Wildman–Crippen LogP) is 5.48. The van der Waals surface area contributed by atoms with Crippen molar-refractivity contribution >= 4 is 6.09 Å². The average Bonchev–Trinajstić information content (AvgIpc) is 3.49. The van der Waals surface area contributed by atoms with Gasteiger partial charge in [0.2, 0.25) is 0 Å². The minimum atomic E-state index is -0.581. The Bertz CT molecular complexity index is 936. The van der Waals surface area contributed by atoms with E-state index < -0.39 is 5.60 Å². The van der Waals surface area contributed by atoms with Crippen LogP contribution in [0.15, 0.2) is 48.5 Å². The molecule has 6 rings (SSSR count). The molecule has 162 valence electrons. The first-order valence-electron chi connectivity index (χ1n) is 12.0. The van der Waals surface area contributed by atoms with Gasteiger partial charge in [-0.1, -0.05) is 61.4 Å². The highest BCUT2D eigenvalue weighted by Crippen LogP contribution is 2.49. The Morgan fingerprint density at radius 1 is 0.903 bits per heavy atom. The first-order valence-corrected chi connectivity index (χ1v) is 12.0. The van der Waals surface area contributed by atoms with Gasteiger partial charge in [-0.3, -0.25) is 0 Å². The van der Waals surface area contributed by atoms with E-state index in [0.29, 0.717) is 12.5 Å². The van der Waals surface area contributed by atoms with Gasteiger partial charge in [0.1, 0.15) is 6.61 Å². The van der Waals surface area contributed by atoms with Crippen LogP contribution in [-0.4, -0.2) is 40.4 Å². The van der Waals surface area contributed by atoms with Gasteiger partial charge in [-0.15, -0.1) is 0 Å². The zero-order valence-electron chi connectivity index (χ0n) is 18.0. The van der Waals surface area contributed by atoms with Gasteiger partial charge < -0.3 is 14.7 Å². The molecule has 31 heavy (non-hydrogen) atoms. The second-order valence-corrected chi connectivity index (χ2v) is 10.1. The molecule has 1 saturated carbocycles. The Balaban J connectivity index is 1.17. The molecule has 2 heterocycles. The third-order valence-corrected chi connectivity index (χ3v) is 8.46. The number of hydrogen-bond donors (Lipinski definition) is 1. The topological polar surface area (TPSA) is 49.8 Å². The molecule has 3 fully saturated rings. The number of nitrogens with zero attached hydrogens (tertiary/aromatic N) is 1. The van der Waals surface area contributed by atoms with Crippen molar-refractivity contribution in [3.8, 4) is 11.1 Å². The van der Waals surface area contributed by atoms with Crippen molar-refractivity contribution in [1.29, 1.82) is 0 Å². The molecule has 4 nitrogen and oxygen atoms in total. The molecule has 0 spiro atoms. The molecule has 1 amide bonds. The van der Waals surface area contributed by atoms with Gasteiger partial charge in [-0.05, 0) is 66.7 Å². The Hall–Kier alpha value is -2.33. The highest BCUT2D eigenvalue weighted by atomic mass is 16.6. The smallest absolute Gasteiger partial charge is 0.410 e. The summed E-state index contributed by atoms with van der Waals surface area (Å²) in [5.41, 5.74) is 4.41. The van der Waals surface area contributed by atoms with E-state index in [4.69, 9.17) is 4.74 Å². The van der Waals surface area contributed by atoms with Crippen LogP contribution in [0.2, 0.25) is 0 Å². The van der Waals surface area contributed by atoms with E-state index in [9.17, 15) is 9.90 Å². The molecule has 0 radical (unpaired) electrons. The lowest BCUT2D eigenvalue weighted by Gasteiger charge is -2.46. The van der Waals surface area contributed by atoms with Crippen molar-refractivity contribution in [3.63, 3.8) is 0 Å². The normalized spacial score (nSPS) is 29.8. The minimum Gasteiger partial charge on any atom is -0.448 e. The minimum absolute atomic E-state index is 0.0919. The number of ether oxygens (including phenoxy) is 1. The van der Waals surface area contributed by atoms with Crippen molar-refractivity contribution in [3.05, 3.63) is 59.7 Å². The van der Waals surface area contributed by atoms with Crippen molar-refractivity contribution in [2.24, 2.45) is 5.92 Å². The molecule has 2 atom stereocenters. The van der Waals surface area contributed by atoms with Crippen molar-refractivity contribution in [2.45, 2.75) is 75.0 Å². The lowest BCUT2D eigenvalue weighted by atomic mass is 9.75. The molecule has 2 aliphatic carbocycles. The summed E-state index contributed by atoms with van der Waals surface area (Å²) < 4.78 is 5.96. The largest absolute Gasteiger partial charge is 0.448 e. The van der Waals surface area contributed by atoms with E-state index in [1.165, 1.54) is 35.1 Å². The molecule has 2 aliphatic heterocycles. The van der Waals surface area contributed by atoms with Crippen molar-refractivity contribution < 1.29 is 14.6 Å². The molecule has 2 unspecified atom stereocenters. The zero-order chi connectivity index (χ0) is 21.0.